The van der Waals surface area contributed by atoms with Gasteiger partial charge in [-0.15, -0.1) is 11.3 Å². The van der Waals surface area contributed by atoms with Gasteiger partial charge in [-0.2, -0.15) is 0 Å². The van der Waals surface area contributed by atoms with Crippen LogP contribution in [0, 0.1) is 6.92 Å². The normalized spacial score (nSPS) is 26.6. The number of carbonyl (C=O) groups excluding carboxylic acids is 1. The molecule has 1 amide bonds. The second-order valence-electron chi connectivity index (χ2n) is 9.36. The number of aromatic nitrogens is 1. The maximum absolute atomic E-state index is 13.4. The number of hydrogen-bond acceptors (Lipinski definition) is 3. The Labute approximate surface area is 181 Å². The first-order valence-electron chi connectivity index (χ1n) is 11.1. The van der Waals surface area contributed by atoms with Gasteiger partial charge in [0, 0.05) is 46.0 Å². The zero-order chi connectivity index (χ0) is 21.0. The molecule has 158 valence electrons. The Morgan fingerprint density at radius 1 is 1.33 bits per heavy atom. The number of piperidine rings is 2. The first-order valence-corrected chi connectivity index (χ1v) is 12.0. The summed E-state index contributed by atoms with van der Waals surface area (Å²) in [4.78, 5) is 20.2. The summed E-state index contributed by atoms with van der Waals surface area (Å²) in [5, 5.41) is 13.9. The predicted molar refractivity (Wildman–Crippen MR) is 123 cm³/mol. The Kier molecular flexibility index (Phi) is 4.79. The second-order valence-corrected chi connectivity index (χ2v) is 10.3. The molecule has 2 N–H and O–H groups in total. The third-order valence-electron chi connectivity index (χ3n) is 7.26. The number of aryl methyl sites for hydroxylation is 1. The molecule has 3 fully saturated rings. The Morgan fingerprint density at radius 2 is 2.13 bits per heavy atom. The summed E-state index contributed by atoms with van der Waals surface area (Å²) in [5.41, 5.74) is 4.39. The van der Waals surface area contributed by atoms with E-state index in [0.29, 0.717) is 6.42 Å². The Bertz CT molecular complexity index is 1080. The van der Waals surface area contributed by atoms with Crippen molar-refractivity contribution in [3.05, 3.63) is 47.0 Å². The molecule has 2 aromatic heterocycles. The van der Waals surface area contributed by atoms with Crippen molar-refractivity contribution in [3.8, 4) is 10.4 Å². The maximum Gasteiger partial charge on any atom is 0.223 e. The number of amides is 1. The highest BCUT2D eigenvalue weighted by molar-refractivity contribution is 7.13. The number of rotatable bonds is 5. The molecule has 0 radical (unpaired) electrons. The van der Waals surface area contributed by atoms with Crippen LogP contribution in [0.2, 0.25) is 0 Å². The van der Waals surface area contributed by atoms with E-state index in [-0.39, 0.29) is 23.9 Å². The molecule has 4 heterocycles. The third kappa shape index (κ3) is 3.10. The summed E-state index contributed by atoms with van der Waals surface area (Å²) in [6, 6.07) is 8.99. The number of carbonyl (C=O) groups is 1. The van der Waals surface area contributed by atoms with Crippen molar-refractivity contribution in [2.45, 2.75) is 76.5 Å². The fourth-order valence-electron chi connectivity index (χ4n) is 5.72. The van der Waals surface area contributed by atoms with Crippen molar-refractivity contribution in [1.82, 2.24) is 9.88 Å². The van der Waals surface area contributed by atoms with E-state index in [1.165, 1.54) is 27.0 Å². The molecular weight excluding hydrogens is 392 g/mol. The van der Waals surface area contributed by atoms with Gasteiger partial charge in [0.05, 0.1) is 5.60 Å². The number of nitrogens with zero attached hydrogens (tertiary/aromatic N) is 1. The Morgan fingerprint density at radius 3 is 2.83 bits per heavy atom. The number of nitrogens with one attached hydrogen (secondary N) is 1. The number of benzene rings is 1. The number of thiophene rings is 1. The van der Waals surface area contributed by atoms with Crippen LogP contribution >= 0.6 is 11.3 Å². The van der Waals surface area contributed by atoms with Crippen LogP contribution in [0.1, 0.15) is 63.0 Å². The van der Waals surface area contributed by atoms with E-state index in [1.807, 2.05) is 0 Å². The minimum atomic E-state index is -0.516. The lowest BCUT2D eigenvalue weighted by atomic mass is 9.66. The SMILES string of the molecule is CCC1CC2(O)CC(C2)N1C(=O)CC(C)c1c[nH]c2ccc(C)c(-c3cccs3)c12. The van der Waals surface area contributed by atoms with Crippen LogP contribution in [0.4, 0.5) is 0 Å². The van der Waals surface area contributed by atoms with Gasteiger partial charge in [0.15, 0.2) is 0 Å². The van der Waals surface area contributed by atoms with Gasteiger partial charge in [0.1, 0.15) is 0 Å². The zero-order valence-corrected chi connectivity index (χ0v) is 18.8. The number of H-pyrrole nitrogens is 1. The Balaban J connectivity index is 1.45. The van der Waals surface area contributed by atoms with Crippen molar-refractivity contribution in [2.24, 2.45) is 0 Å². The van der Waals surface area contributed by atoms with Crippen molar-refractivity contribution in [1.29, 1.82) is 0 Å². The number of aliphatic hydroxyl groups is 1. The topological polar surface area (TPSA) is 56.3 Å². The summed E-state index contributed by atoms with van der Waals surface area (Å²) in [6.07, 6.45) is 5.74. The summed E-state index contributed by atoms with van der Waals surface area (Å²) in [5.74, 6) is 0.367. The first-order chi connectivity index (χ1) is 14.4. The monoisotopic (exact) mass is 422 g/mol. The number of hydrogen-bond donors (Lipinski definition) is 2. The van der Waals surface area contributed by atoms with Crippen LogP contribution in [0.15, 0.2) is 35.8 Å². The number of aromatic amines is 1. The average molecular weight is 423 g/mol. The van der Waals surface area contributed by atoms with E-state index in [2.05, 4.69) is 66.5 Å². The van der Waals surface area contributed by atoms with Gasteiger partial charge in [-0.3, -0.25) is 4.79 Å². The molecule has 3 aliphatic rings. The molecule has 0 spiro atoms. The fraction of sp³-hybridized carbons (Fsp3) is 0.480. The van der Waals surface area contributed by atoms with Crippen LogP contribution in [-0.2, 0) is 4.79 Å². The molecule has 1 aromatic carbocycles. The highest BCUT2D eigenvalue weighted by Gasteiger charge is 2.54. The van der Waals surface area contributed by atoms with E-state index in [1.54, 1.807) is 11.3 Å². The lowest BCUT2D eigenvalue weighted by Crippen LogP contribution is -2.67. The van der Waals surface area contributed by atoms with Crippen molar-refractivity contribution in [3.63, 3.8) is 0 Å². The highest BCUT2D eigenvalue weighted by Crippen LogP contribution is 2.47. The first kappa shape index (κ1) is 19.8. The quantitative estimate of drug-likeness (QED) is 0.562. The van der Waals surface area contributed by atoms with Gasteiger partial charge in [-0.25, -0.2) is 0 Å². The molecule has 4 nitrogen and oxygen atoms in total. The lowest BCUT2D eigenvalue weighted by Gasteiger charge is -2.58. The summed E-state index contributed by atoms with van der Waals surface area (Å²) in [6.45, 7) is 6.46. The minimum Gasteiger partial charge on any atom is -0.390 e. The van der Waals surface area contributed by atoms with Gasteiger partial charge in [0.2, 0.25) is 5.91 Å². The zero-order valence-electron chi connectivity index (χ0n) is 17.9. The Hall–Kier alpha value is -2.11. The van der Waals surface area contributed by atoms with Gasteiger partial charge in [0.25, 0.3) is 0 Å². The summed E-state index contributed by atoms with van der Waals surface area (Å²) in [7, 11) is 0. The van der Waals surface area contributed by atoms with E-state index in [9.17, 15) is 9.90 Å². The molecule has 6 rings (SSSR count). The van der Waals surface area contributed by atoms with Crippen LogP contribution in [0.3, 0.4) is 0 Å². The van der Waals surface area contributed by atoms with E-state index in [0.717, 1.165) is 31.2 Å². The average Bonchev–Trinajstić information content (AvgIpc) is 3.36. The van der Waals surface area contributed by atoms with Gasteiger partial charge < -0.3 is 15.0 Å². The van der Waals surface area contributed by atoms with E-state index in [4.69, 9.17) is 0 Å². The summed E-state index contributed by atoms with van der Waals surface area (Å²) < 4.78 is 0. The smallest absolute Gasteiger partial charge is 0.223 e. The molecule has 1 aliphatic carbocycles. The molecule has 30 heavy (non-hydrogen) atoms. The molecule has 3 aromatic rings. The van der Waals surface area contributed by atoms with Gasteiger partial charge >= 0.3 is 0 Å². The van der Waals surface area contributed by atoms with Crippen molar-refractivity contribution < 1.29 is 9.90 Å². The van der Waals surface area contributed by atoms with E-state index >= 15 is 0 Å². The minimum absolute atomic E-state index is 0.130. The van der Waals surface area contributed by atoms with Crippen LogP contribution in [-0.4, -0.2) is 38.6 Å². The summed E-state index contributed by atoms with van der Waals surface area (Å²) >= 11 is 1.76. The molecule has 2 saturated heterocycles. The molecule has 2 aliphatic heterocycles. The van der Waals surface area contributed by atoms with E-state index < -0.39 is 5.60 Å². The van der Waals surface area contributed by atoms with Gasteiger partial charge in [-0.05, 0) is 67.2 Å². The predicted octanol–water partition coefficient (Wildman–Crippen LogP) is 5.60. The largest absolute Gasteiger partial charge is 0.390 e. The molecule has 5 heteroatoms. The molecule has 2 unspecified atom stereocenters. The lowest BCUT2D eigenvalue weighted by molar-refractivity contribution is -0.178. The van der Waals surface area contributed by atoms with Crippen LogP contribution < -0.4 is 0 Å². The van der Waals surface area contributed by atoms with Crippen LogP contribution in [0.5, 0.6) is 0 Å². The van der Waals surface area contributed by atoms with Crippen molar-refractivity contribution >= 4 is 28.1 Å². The second kappa shape index (κ2) is 7.24. The maximum atomic E-state index is 13.4. The third-order valence-corrected chi connectivity index (χ3v) is 8.14. The van der Waals surface area contributed by atoms with Gasteiger partial charge in [-0.1, -0.05) is 26.0 Å². The fourth-order valence-corrected chi connectivity index (χ4v) is 6.56. The standard InChI is InChI=1S/C25H30N2O2S/c1-4-17-11-25(29)12-18(13-25)27(17)22(28)10-16(3)19-14-26-20-8-7-15(2)23(24(19)20)21-6-5-9-30-21/h5-9,14,16-18,26,29H,4,10-13H2,1-3H3. The number of fused-ring (bicyclic) bond motifs is 3. The van der Waals surface area contributed by atoms with Crippen LogP contribution in [0.25, 0.3) is 21.3 Å². The molecule has 2 atom stereocenters. The highest BCUT2D eigenvalue weighted by atomic mass is 32.1. The van der Waals surface area contributed by atoms with Crippen molar-refractivity contribution in [2.75, 3.05) is 0 Å². The molecule has 1 saturated carbocycles. The molecule has 2 bridgehead atoms. The molecular formula is C25H30N2O2S.